The summed E-state index contributed by atoms with van der Waals surface area (Å²) >= 11 is 6.10. The number of likely N-dealkylation sites (N-methyl/N-ethyl adjacent to an activating group) is 1. The number of ketones is 1. The molecule has 1 heterocycles. The topological polar surface area (TPSA) is 38.1 Å². The van der Waals surface area contributed by atoms with Gasteiger partial charge in [0, 0.05) is 12.0 Å². The fourth-order valence-electron chi connectivity index (χ4n) is 1.53. The maximum Gasteiger partial charge on any atom is 0.187 e. The van der Waals surface area contributed by atoms with Gasteiger partial charge >= 0.3 is 0 Å². The van der Waals surface area contributed by atoms with Crippen molar-refractivity contribution in [3.63, 3.8) is 0 Å². The van der Waals surface area contributed by atoms with Gasteiger partial charge in [0.1, 0.15) is 5.69 Å². The first-order chi connectivity index (χ1) is 8.29. The van der Waals surface area contributed by atoms with Gasteiger partial charge in [0.05, 0.1) is 17.8 Å². The van der Waals surface area contributed by atoms with Crippen LogP contribution in [0.5, 0.6) is 0 Å². The smallest absolute Gasteiger partial charge is 0.187 e. The number of carbonyl (C=O) groups is 1. The highest BCUT2D eigenvalue weighted by molar-refractivity contribution is 6.33. The molecule has 0 fully saturated rings. The number of rotatable bonds is 6. The fourth-order valence-corrected chi connectivity index (χ4v) is 1.76. The van der Waals surface area contributed by atoms with E-state index in [0.29, 0.717) is 17.3 Å². The third-order valence-corrected chi connectivity index (χ3v) is 3.54. The van der Waals surface area contributed by atoms with Crippen LogP contribution in [0.4, 0.5) is 0 Å². The molecule has 0 amide bonds. The van der Waals surface area contributed by atoms with Crippen LogP contribution in [0, 0.1) is 5.41 Å². The lowest BCUT2D eigenvalue weighted by Crippen LogP contribution is -2.28. The maximum absolute atomic E-state index is 12.5. The molecular formula is C13H22ClN3O. The first-order valence-electron chi connectivity index (χ1n) is 6.20. The molecule has 0 aliphatic carbocycles. The summed E-state index contributed by atoms with van der Waals surface area (Å²) in [6.45, 7) is 7.38. The first-order valence-corrected chi connectivity index (χ1v) is 6.58. The summed E-state index contributed by atoms with van der Waals surface area (Å²) in [5.74, 6) is 0.0613. The molecule has 0 N–H and O–H groups in total. The second-order valence-corrected chi connectivity index (χ2v) is 5.84. The van der Waals surface area contributed by atoms with Crippen molar-refractivity contribution in [1.29, 1.82) is 0 Å². The number of aromatic nitrogens is 2. The predicted molar refractivity (Wildman–Crippen MR) is 74.2 cm³/mol. The summed E-state index contributed by atoms with van der Waals surface area (Å²) in [7, 11) is 3.98. The van der Waals surface area contributed by atoms with Gasteiger partial charge in [0.25, 0.3) is 0 Å². The average Bonchev–Trinajstić information content (AvgIpc) is 2.66. The Morgan fingerprint density at radius 3 is 2.61 bits per heavy atom. The van der Waals surface area contributed by atoms with Crippen molar-refractivity contribution in [3.05, 3.63) is 16.9 Å². The van der Waals surface area contributed by atoms with Crippen molar-refractivity contribution in [2.24, 2.45) is 5.41 Å². The second kappa shape index (κ2) is 5.85. The standard InChI is InChI=1S/C13H22ClN3O/c1-6-13(2,3)12(18)11-10(14)9-15-17(11)8-7-16(4)5/h9H,6-8H2,1-5H3. The maximum atomic E-state index is 12.5. The van der Waals surface area contributed by atoms with Crippen molar-refractivity contribution in [2.75, 3.05) is 20.6 Å². The van der Waals surface area contributed by atoms with E-state index in [0.717, 1.165) is 13.0 Å². The van der Waals surface area contributed by atoms with E-state index in [9.17, 15) is 4.79 Å². The summed E-state index contributed by atoms with van der Waals surface area (Å²) in [6.07, 6.45) is 2.33. The van der Waals surface area contributed by atoms with Crippen molar-refractivity contribution >= 4 is 17.4 Å². The highest BCUT2D eigenvalue weighted by atomic mass is 35.5. The van der Waals surface area contributed by atoms with Gasteiger partial charge in [-0.1, -0.05) is 32.4 Å². The Hall–Kier alpha value is -0.870. The average molecular weight is 272 g/mol. The predicted octanol–water partition coefficient (Wildman–Crippen LogP) is 2.72. The number of Topliss-reactive ketones (excluding diaryl/α,β-unsaturated/α-hetero) is 1. The Bertz CT molecular complexity index is 424. The number of hydrogen-bond donors (Lipinski definition) is 0. The van der Waals surface area contributed by atoms with E-state index in [1.54, 1.807) is 10.9 Å². The molecule has 0 aliphatic rings. The Morgan fingerprint density at radius 1 is 1.50 bits per heavy atom. The molecule has 18 heavy (non-hydrogen) atoms. The minimum atomic E-state index is -0.403. The lowest BCUT2D eigenvalue weighted by molar-refractivity contribution is 0.0820. The van der Waals surface area contributed by atoms with Gasteiger partial charge in [-0.2, -0.15) is 5.10 Å². The van der Waals surface area contributed by atoms with Crippen LogP contribution in [0.15, 0.2) is 6.20 Å². The number of carbonyl (C=O) groups excluding carboxylic acids is 1. The zero-order valence-corrected chi connectivity index (χ0v) is 12.6. The van der Waals surface area contributed by atoms with Crippen LogP contribution in [0.3, 0.4) is 0 Å². The Balaban J connectivity index is 3.01. The van der Waals surface area contributed by atoms with Gasteiger partial charge in [-0.25, -0.2) is 0 Å². The highest BCUT2D eigenvalue weighted by Gasteiger charge is 2.31. The van der Waals surface area contributed by atoms with E-state index in [1.807, 2.05) is 34.9 Å². The number of halogens is 1. The molecule has 0 spiro atoms. The van der Waals surface area contributed by atoms with Gasteiger partial charge in [0.2, 0.25) is 0 Å². The minimum absolute atomic E-state index is 0.0613. The third kappa shape index (κ3) is 3.33. The Kier molecular flexibility index (Phi) is 4.93. The summed E-state index contributed by atoms with van der Waals surface area (Å²) in [5, 5.41) is 4.64. The quantitative estimate of drug-likeness (QED) is 0.747. The second-order valence-electron chi connectivity index (χ2n) is 5.43. The SMILES string of the molecule is CCC(C)(C)C(=O)c1c(Cl)cnn1CCN(C)C. The molecule has 0 atom stereocenters. The summed E-state index contributed by atoms with van der Waals surface area (Å²) in [5.41, 5.74) is 0.130. The minimum Gasteiger partial charge on any atom is -0.308 e. The molecule has 0 saturated carbocycles. The summed E-state index contributed by atoms with van der Waals surface area (Å²) in [4.78, 5) is 14.5. The molecule has 1 aromatic heterocycles. The molecule has 0 unspecified atom stereocenters. The van der Waals surface area contributed by atoms with E-state index >= 15 is 0 Å². The number of hydrogen-bond acceptors (Lipinski definition) is 3. The normalized spacial score (nSPS) is 12.2. The van der Waals surface area contributed by atoms with Crippen LogP contribution in [0.2, 0.25) is 5.02 Å². The van der Waals surface area contributed by atoms with E-state index in [1.165, 1.54) is 0 Å². The van der Waals surface area contributed by atoms with Crippen molar-refractivity contribution < 1.29 is 4.79 Å². The summed E-state index contributed by atoms with van der Waals surface area (Å²) in [6, 6.07) is 0. The van der Waals surface area contributed by atoms with Crippen LogP contribution in [-0.4, -0.2) is 41.1 Å². The lowest BCUT2D eigenvalue weighted by atomic mass is 9.84. The molecular weight excluding hydrogens is 250 g/mol. The monoisotopic (exact) mass is 271 g/mol. The van der Waals surface area contributed by atoms with Crippen LogP contribution >= 0.6 is 11.6 Å². The van der Waals surface area contributed by atoms with E-state index in [-0.39, 0.29) is 5.78 Å². The molecule has 0 aliphatic heterocycles. The van der Waals surface area contributed by atoms with E-state index < -0.39 is 5.41 Å². The zero-order valence-electron chi connectivity index (χ0n) is 11.8. The lowest BCUT2D eigenvalue weighted by Gasteiger charge is -2.22. The molecule has 1 aromatic rings. The third-order valence-electron chi connectivity index (χ3n) is 3.27. The van der Waals surface area contributed by atoms with Crippen LogP contribution in [-0.2, 0) is 6.54 Å². The van der Waals surface area contributed by atoms with E-state index in [4.69, 9.17) is 11.6 Å². The molecule has 102 valence electrons. The van der Waals surface area contributed by atoms with E-state index in [2.05, 4.69) is 10.00 Å². The number of nitrogens with zero attached hydrogens (tertiary/aromatic N) is 3. The van der Waals surface area contributed by atoms with Crippen LogP contribution in [0.25, 0.3) is 0 Å². The highest BCUT2D eigenvalue weighted by Crippen LogP contribution is 2.29. The summed E-state index contributed by atoms with van der Waals surface area (Å²) < 4.78 is 1.71. The van der Waals surface area contributed by atoms with Gasteiger partial charge < -0.3 is 4.90 Å². The van der Waals surface area contributed by atoms with Crippen molar-refractivity contribution in [2.45, 2.75) is 33.7 Å². The fraction of sp³-hybridized carbons (Fsp3) is 0.692. The van der Waals surface area contributed by atoms with Crippen molar-refractivity contribution in [1.82, 2.24) is 14.7 Å². The molecule has 1 rings (SSSR count). The Morgan fingerprint density at radius 2 is 2.11 bits per heavy atom. The molecule has 0 aromatic carbocycles. The van der Waals surface area contributed by atoms with Crippen molar-refractivity contribution in [3.8, 4) is 0 Å². The van der Waals surface area contributed by atoms with Gasteiger partial charge in [-0.15, -0.1) is 0 Å². The molecule has 5 heteroatoms. The largest absolute Gasteiger partial charge is 0.308 e. The first kappa shape index (κ1) is 15.2. The van der Waals surface area contributed by atoms with Crippen LogP contribution < -0.4 is 0 Å². The molecule has 0 bridgehead atoms. The zero-order chi connectivity index (χ0) is 13.9. The molecule has 0 saturated heterocycles. The Labute approximate surface area is 114 Å². The molecule has 0 radical (unpaired) electrons. The van der Waals surface area contributed by atoms with Gasteiger partial charge in [-0.05, 0) is 20.5 Å². The van der Waals surface area contributed by atoms with Gasteiger partial charge in [-0.3, -0.25) is 9.48 Å². The molecule has 4 nitrogen and oxygen atoms in total. The van der Waals surface area contributed by atoms with Gasteiger partial charge in [0.15, 0.2) is 5.78 Å². The van der Waals surface area contributed by atoms with Crippen LogP contribution in [0.1, 0.15) is 37.7 Å².